The second kappa shape index (κ2) is 8.77. The highest BCUT2D eigenvalue weighted by Gasteiger charge is 2.59. The molecule has 0 radical (unpaired) electrons. The van der Waals surface area contributed by atoms with Crippen molar-refractivity contribution in [1.29, 1.82) is 0 Å². The Hall–Kier alpha value is -3.79. The van der Waals surface area contributed by atoms with E-state index in [4.69, 9.17) is 10.5 Å². The summed E-state index contributed by atoms with van der Waals surface area (Å²) in [5, 5.41) is 46.1. The average Bonchev–Trinajstić information content (AvgIpc) is 2.79. The van der Waals surface area contributed by atoms with Crippen molar-refractivity contribution in [2.24, 2.45) is 17.6 Å². The maximum absolute atomic E-state index is 13.5. The van der Waals surface area contributed by atoms with Crippen LogP contribution in [0.4, 0.5) is 0 Å². The molecule has 1 aromatic carbocycles. The topological polar surface area (TPSA) is 179 Å². The lowest BCUT2D eigenvalue weighted by Gasteiger charge is -2.45. The fourth-order valence-electron chi connectivity index (χ4n) is 5.32. The summed E-state index contributed by atoms with van der Waals surface area (Å²) >= 11 is 0. The van der Waals surface area contributed by atoms with E-state index in [2.05, 4.69) is 11.9 Å². The molecule has 1 amide bonds. The molecule has 4 rings (SSSR count). The zero-order valence-corrected chi connectivity index (χ0v) is 19.3. The van der Waals surface area contributed by atoms with Crippen molar-refractivity contribution in [2.75, 3.05) is 6.61 Å². The van der Waals surface area contributed by atoms with Crippen LogP contribution in [0.25, 0.3) is 0 Å². The smallest absolute Gasteiger partial charge is 0.255 e. The maximum Gasteiger partial charge on any atom is 0.255 e. The van der Waals surface area contributed by atoms with Gasteiger partial charge in [-0.2, -0.15) is 0 Å². The van der Waals surface area contributed by atoms with Crippen LogP contribution >= 0.6 is 0 Å². The highest BCUT2D eigenvalue weighted by atomic mass is 16.5. The summed E-state index contributed by atoms with van der Waals surface area (Å²) in [6.45, 7) is 6.53. The number of phenolic OH excluding ortho intramolecular Hbond substituents is 1. The number of ether oxygens (including phenoxy) is 1. The molecule has 0 aromatic heterocycles. The van der Waals surface area contributed by atoms with Crippen molar-refractivity contribution in [3.63, 3.8) is 0 Å². The van der Waals surface area contributed by atoms with Gasteiger partial charge >= 0.3 is 0 Å². The Labute approximate surface area is 201 Å². The molecule has 186 valence electrons. The second-order valence-electron chi connectivity index (χ2n) is 9.13. The number of allylic oxidation sites excluding steroid dienone is 2. The number of aliphatic hydroxyl groups is 3. The SMILES string of the molecule is C=C(NCc1ccc(O)c2c1C[C@H]1C[C@H]3CC(O)=C(C(N)=O)C(=O)[C@@]3(O)C(O)=C1C2=O)OCCC. The average molecular weight is 485 g/mol. The third kappa shape index (κ3) is 3.74. The van der Waals surface area contributed by atoms with Gasteiger partial charge in [-0.05, 0) is 49.0 Å². The number of phenols is 1. The van der Waals surface area contributed by atoms with Crippen LogP contribution in [-0.2, 0) is 27.3 Å². The van der Waals surface area contributed by atoms with Gasteiger partial charge in [-0.15, -0.1) is 0 Å². The molecule has 10 heteroatoms. The zero-order chi connectivity index (χ0) is 25.7. The van der Waals surface area contributed by atoms with E-state index >= 15 is 0 Å². The predicted octanol–water partition coefficient (Wildman–Crippen LogP) is 1.57. The van der Waals surface area contributed by atoms with E-state index in [-0.39, 0.29) is 42.7 Å². The lowest BCUT2D eigenvalue weighted by molar-refractivity contribution is -0.144. The zero-order valence-electron chi connectivity index (χ0n) is 19.3. The number of rotatable bonds is 7. The second-order valence-corrected chi connectivity index (χ2v) is 9.13. The molecule has 0 fully saturated rings. The Morgan fingerprint density at radius 3 is 2.63 bits per heavy atom. The van der Waals surface area contributed by atoms with Gasteiger partial charge in [0.25, 0.3) is 5.91 Å². The number of aromatic hydroxyl groups is 1. The monoisotopic (exact) mass is 484 g/mol. The molecular weight excluding hydrogens is 456 g/mol. The van der Waals surface area contributed by atoms with Crippen molar-refractivity contribution >= 4 is 17.5 Å². The molecule has 3 aliphatic carbocycles. The van der Waals surface area contributed by atoms with Gasteiger partial charge in [0.05, 0.1) is 12.2 Å². The van der Waals surface area contributed by atoms with Crippen molar-refractivity contribution < 1.29 is 39.5 Å². The number of nitrogens with two attached hydrogens (primary N) is 1. The minimum Gasteiger partial charge on any atom is -0.511 e. The molecule has 3 aliphatic rings. The minimum atomic E-state index is -2.57. The standard InChI is InChI=1S/C25H28N2O8/c1-3-6-35-11(2)27-10-12-4-5-16(28)19-15(12)8-13-7-14-9-17(29)20(24(26)33)23(32)25(14,34)22(31)18(13)21(19)30/h4-5,13-14,27-29,31,34H,2-3,6-10H2,1H3,(H2,26,33)/t13-,14+,25+/m1/s1. The number of nitrogens with one attached hydrogen (secondary N) is 1. The van der Waals surface area contributed by atoms with Crippen LogP contribution in [0.3, 0.4) is 0 Å². The molecule has 0 spiro atoms. The number of amides is 1. The van der Waals surface area contributed by atoms with Gasteiger partial charge in [0.1, 0.15) is 22.8 Å². The number of benzene rings is 1. The first-order valence-corrected chi connectivity index (χ1v) is 11.4. The third-order valence-electron chi connectivity index (χ3n) is 7.00. The summed E-state index contributed by atoms with van der Waals surface area (Å²) in [4.78, 5) is 38.2. The Morgan fingerprint density at radius 2 is 1.97 bits per heavy atom. The molecule has 0 unspecified atom stereocenters. The lowest BCUT2D eigenvalue weighted by atomic mass is 9.60. The third-order valence-corrected chi connectivity index (χ3v) is 7.00. The van der Waals surface area contributed by atoms with Crippen LogP contribution in [0.15, 0.2) is 47.3 Å². The van der Waals surface area contributed by atoms with Crippen molar-refractivity contribution in [3.8, 4) is 5.75 Å². The summed E-state index contributed by atoms with van der Waals surface area (Å²) in [5.74, 6) is -6.10. The number of primary amides is 1. The van der Waals surface area contributed by atoms with Gasteiger partial charge in [-0.3, -0.25) is 14.4 Å². The van der Waals surface area contributed by atoms with Crippen LogP contribution in [-0.4, -0.2) is 50.1 Å². The molecule has 0 heterocycles. The highest BCUT2D eigenvalue weighted by molar-refractivity contribution is 6.24. The van der Waals surface area contributed by atoms with E-state index in [1.807, 2.05) is 6.92 Å². The molecule has 1 aromatic rings. The molecule has 7 N–H and O–H groups in total. The summed E-state index contributed by atoms with van der Waals surface area (Å²) < 4.78 is 5.43. The minimum absolute atomic E-state index is 0.0268. The van der Waals surface area contributed by atoms with Gasteiger partial charge < -0.3 is 36.2 Å². The van der Waals surface area contributed by atoms with Gasteiger partial charge in [0, 0.05) is 24.5 Å². The molecule has 0 bridgehead atoms. The van der Waals surface area contributed by atoms with Crippen molar-refractivity contribution in [1.82, 2.24) is 5.32 Å². The Kier molecular flexibility index (Phi) is 6.10. The quantitative estimate of drug-likeness (QED) is 0.247. The number of hydrogen-bond acceptors (Lipinski definition) is 9. The molecule has 0 aliphatic heterocycles. The number of carbonyl (C=O) groups is 3. The van der Waals surface area contributed by atoms with E-state index in [0.717, 1.165) is 6.42 Å². The van der Waals surface area contributed by atoms with Gasteiger partial charge in [-0.1, -0.05) is 13.0 Å². The summed E-state index contributed by atoms with van der Waals surface area (Å²) in [7, 11) is 0. The van der Waals surface area contributed by atoms with Crippen LogP contribution in [0.1, 0.15) is 47.7 Å². The Morgan fingerprint density at radius 1 is 1.26 bits per heavy atom. The van der Waals surface area contributed by atoms with Crippen LogP contribution in [0.5, 0.6) is 5.75 Å². The highest BCUT2D eigenvalue weighted by Crippen LogP contribution is 2.51. The largest absolute Gasteiger partial charge is 0.511 e. The number of carbonyl (C=O) groups excluding carboxylic acids is 3. The van der Waals surface area contributed by atoms with Crippen LogP contribution < -0.4 is 11.1 Å². The summed E-state index contributed by atoms with van der Waals surface area (Å²) in [6, 6.07) is 3.03. The predicted molar refractivity (Wildman–Crippen MR) is 123 cm³/mol. The fraction of sp³-hybridized carbons (Fsp3) is 0.400. The van der Waals surface area contributed by atoms with E-state index in [1.54, 1.807) is 6.07 Å². The number of hydrogen-bond donors (Lipinski definition) is 6. The van der Waals surface area contributed by atoms with Crippen LogP contribution in [0, 0.1) is 11.8 Å². The van der Waals surface area contributed by atoms with E-state index in [0.29, 0.717) is 23.6 Å². The Bertz CT molecular complexity index is 1210. The van der Waals surface area contributed by atoms with Gasteiger partial charge in [0.15, 0.2) is 17.3 Å². The first-order valence-electron chi connectivity index (χ1n) is 11.4. The van der Waals surface area contributed by atoms with Crippen LogP contribution in [0.2, 0.25) is 0 Å². The molecule has 0 saturated heterocycles. The van der Waals surface area contributed by atoms with Crippen molar-refractivity contribution in [3.05, 3.63) is 63.9 Å². The normalized spacial score (nSPS) is 25.5. The number of Topliss-reactive ketones (excluding diaryl/α,β-unsaturated/α-hetero) is 2. The molecule has 0 saturated carbocycles. The van der Waals surface area contributed by atoms with Gasteiger partial charge in [0.2, 0.25) is 5.78 Å². The fourth-order valence-corrected chi connectivity index (χ4v) is 5.32. The van der Waals surface area contributed by atoms with E-state index in [9.17, 15) is 34.8 Å². The number of fused-ring (bicyclic) bond motifs is 3. The van der Waals surface area contributed by atoms with Gasteiger partial charge in [-0.25, -0.2) is 0 Å². The van der Waals surface area contributed by atoms with Crippen molar-refractivity contribution in [2.45, 2.75) is 44.8 Å². The first kappa shape index (κ1) is 24.3. The Balaban J connectivity index is 1.74. The molecular formula is C25H28N2O8. The molecule has 3 atom stereocenters. The summed E-state index contributed by atoms with van der Waals surface area (Å²) in [6.07, 6.45) is 0.865. The first-order chi connectivity index (χ1) is 16.5. The summed E-state index contributed by atoms with van der Waals surface area (Å²) in [5.41, 5.74) is 2.90. The maximum atomic E-state index is 13.5. The molecule has 35 heavy (non-hydrogen) atoms. The van der Waals surface area contributed by atoms with E-state index < -0.39 is 52.0 Å². The number of aliphatic hydroxyl groups excluding tert-OH is 2. The lowest BCUT2D eigenvalue weighted by Crippen LogP contribution is -2.57. The van der Waals surface area contributed by atoms with E-state index in [1.165, 1.54) is 6.07 Å². The number of ketones is 2. The molecule has 10 nitrogen and oxygen atoms in total.